The van der Waals surface area contributed by atoms with Crippen LogP contribution in [0.2, 0.25) is 0 Å². The van der Waals surface area contributed by atoms with E-state index in [1.54, 1.807) is 12.4 Å². The highest BCUT2D eigenvalue weighted by atomic mass is 32.3. The Morgan fingerprint density at radius 3 is 2.79 bits per heavy atom. The molecule has 2 aromatic heterocycles. The Balaban J connectivity index is 1.44. The lowest BCUT2D eigenvalue weighted by molar-refractivity contribution is -0.124. The molecule has 0 bridgehead atoms. The molecule has 0 radical (unpaired) electrons. The summed E-state index contributed by atoms with van der Waals surface area (Å²) in [5.41, 5.74) is 0.950. The van der Waals surface area contributed by atoms with Gasteiger partial charge in [-0.25, -0.2) is 0 Å². The van der Waals surface area contributed by atoms with Crippen molar-refractivity contribution >= 4 is 16.3 Å². The fourth-order valence-corrected chi connectivity index (χ4v) is 4.90. The van der Waals surface area contributed by atoms with Crippen LogP contribution in [0.3, 0.4) is 0 Å². The van der Waals surface area contributed by atoms with E-state index in [4.69, 9.17) is 0 Å². The molecule has 0 spiro atoms. The van der Waals surface area contributed by atoms with Crippen molar-refractivity contribution in [1.82, 2.24) is 29.4 Å². The van der Waals surface area contributed by atoms with Crippen molar-refractivity contribution in [2.75, 3.05) is 19.3 Å². The number of nitrogens with zero attached hydrogens (tertiary/aromatic N) is 5. The van der Waals surface area contributed by atoms with Gasteiger partial charge in [-0.3, -0.25) is 9.78 Å². The lowest BCUT2D eigenvalue weighted by Crippen LogP contribution is -2.41. The molecule has 1 amide bonds. The fraction of sp³-hybridized carbons (Fsp3) is 0.556. The maximum absolute atomic E-state index is 12.8. The van der Waals surface area contributed by atoms with E-state index in [9.17, 15) is 13.6 Å². The SMILES string of the molecule is C[S+](=O)([O-])N1CCC(c2nnc3n2C(C(=O)NCc2cccnc2)CC3)CC1. The van der Waals surface area contributed by atoms with Crippen LogP contribution in [0.1, 0.15) is 48.4 Å². The third-order valence-electron chi connectivity index (χ3n) is 5.53. The highest BCUT2D eigenvalue weighted by molar-refractivity contribution is 7.94. The minimum absolute atomic E-state index is 0.0442. The van der Waals surface area contributed by atoms with Gasteiger partial charge in [0.05, 0.1) is 0 Å². The summed E-state index contributed by atoms with van der Waals surface area (Å²) < 4.78 is 26.9. The van der Waals surface area contributed by atoms with E-state index in [1.807, 2.05) is 16.7 Å². The molecule has 2 aliphatic rings. The molecule has 1 fully saturated rings. The molecule has 1 saturated heterocycles. The number of amides is 1. The van der Waals surface area contributed by atoms with Gasteiger partial charge in [0, 0.05) is 44.4 Å². The average Bonchev–Trinajstić information content (AvgIpc) is 3.28. The quantitative estimate of drug-likeness (QED) is 0.738. The van der Waals surface area contributed by atoms with E-state index in [2.05, 4.69) is 20.5 Å². The van der Waals surface area contributed by atoms with Gasteiger partial charge in [0.15, 0.2) is 0 Å². The van der Waals surface area contributed by atoms with E-state index >= 15 is 0 Å². The first-order chi connectivity index (χ1) is 13.4. The number of carbonyl (C=O) groups is 1. The molecular weight excluding hydrogens is 380 g/mol. The van der Waals surface area contributed by atoms with Gasteiger partial charge in [-0.1, -0.05) is 10.3 Å². The molecule has 1 N–H and O–H groups in total. The molecule has 9 nitrogen and oxygen atoms in total. The van der Waals surface area contributed by atoms with Crippen LogP contribution in [0.4, 0.5) is 0 Å². The second-order valence-corrected chi connectivity index (χ2v) is 9.40. The smallest absolute Gasteiger partial charge is 0.243 e. The Kier molecular flexibility index (Phi) is 5.26. The Morgan fingerprint density at radius 1 is 1.32 bits per heavy atom. The van der Waals surface area contributed by atoms with Crippen LogP contribution in [0.15, 0.2) is 24.5 Å². The molecule has 4 rings (SSSR count). The van der Waals surface area contributed by atoms with Crippen molar-refractivity contribution in [3.05, 3.63) is 41.7 Å². The maximum atomic E-state index is 12.8. The second kappa shape index (κ2) is 7.69. The van der Waals surface area contributed by atoms with E-state index in [1.165, 1.54) is 10.6 Å². The van der Waals surface area contributed by atoms with Crippen molar-refractivity contribution in [3.8, 4) is 0 Å². The largest absolute Gasteiger partial charge is 0.598 e. The molecule has 2 unspecified atom stereocenters. The molecular formula is C18H24N6O3S. The standard InChI is InChI=1S/C18H24N6O3S/c1-28(26,27)23-9-6-14(7-10-23)17-22-21-16-5-4-15(24(16)17)18(25)20-12-13-3-2-8-19-11-13/h2-3,8,11,14-15H,4-7,9-10,12H2,1H3,(H-,20,25,26,27). The Morgan fingerprint density at radius 2 is 2.11 bits per heavy atom. The number of hydrogen-bond donors (Lipinski definition) is 1. The number of hydrogen-bond acceptors (Lipinski definition) is 6. The molecule has 150 valence electrons. The molecule has 28 heavy (non-hydrogen) atoms. The van der Waals surface area contributed by atoms with Crippen LogP contribution in [-0.2, 0) is 32.4 Å². The third-order valence-corrected chi connectivity index (χ3v) is 6.83. The maximum Gasteiger partial charge on any atom is 0.243 e. The molecule has 0 aromatic carbocycles. The average molecular weight is 404 g/mol. The van der Waals surface area contributed by atoms with Gasteiger partial charge < -0.3 is 14.4 Å². The molecule has 2 atom stereocenters. The van der Waals surface area contributed by atoms with Gasteiger partial charge in [0.2, 0.25) is 5.91 Å². The van der Waals surface area contributed by atoms with Gasteiger partial charge in [-0.05, 0) is 30.9 Å². The van der Waals surface area contributed by atoms with Gasteiger partial charge in [-0.2, -0.15) is 0 Å². The summed E-state index contributed by atoms with van der Waals surface area (Å²) in [4.78, 5) is 16.9. The molecule has 2 aliphatic heterocycles. The summed E-state index contributed by atoms with van der Waals surface area (Å²) in [7, 11) is -3.17. The lowest BCUT2D eigenvalue weighted by atomic mass is 9.97. The van der Waals surface area contributed by atoms with E-state index < -0.39 is 10.4 Å². The zero-order valence-electron chi connectivity index (χ0n) is 15.8. The van der Waals surface area contributed by atoms with E-state index in [0.717, 1.165) is 23.6 Å². The van der Waals surface area contributed by atoms with Crippen molar-refractivity contribution in [3.63, 3.8) is 0 Å². The number of fused-ring (bicyclic) bond motifs is 1. The number of carbonyl (C=O) groups excluding carboxylic acids is 1. The Labute approximate surface area is 164 Å². The number of rotatable bonds is 5. The van der Waals surface area contributed by atoms with Gasteiger partial charge in [0.25, 0.3) is 0 Å². The molecule has 4 heterocycles. The van der Waals surface area contributed by atoms with Gasteiger partial charge in [-0.15, -0.1) is 14.5 Å². The Bertz CT molecular complexity index is 888. The first-order valence-corrected chi connectivity index (χ1v) is 11.3. The summed E-state index contributed by atoms with van der Waals surface area (Å²) in [5, 5.41) is 11.6. The minimum Gasteiger partial charge on any atom is -0.598 e. The second-order valence-electron chi connectivity index (χ2n) is 7.41. The highest BCUT2D eigenvalue weighted by Crippen LogP contribution is 2.34. The number of sulfonamides is 1. The number of piperidine rings is 1. The third kappa shape index (κ3) is 3.85. The van der Waals surface area contributed by atoms with Crippen molar-refractivity contribution < 1.29 is 13.6 Å². The summed E-state index contributed by atoms with van der Waals surface area (Å²) >= 11 is 0. The monoisotopic (exact) mass is 404 g/mol. The number of pyridine rings is 1. The first kappa shape index (κ1) is 19.2. The van der Waals surface area contributed by atoms with Gasteiger partial charge in [0.1, 0.15) is 34.3 Å². The normalized spacial score (nSPS) is 22.6. The van der Waals surface area contributed by atoms with E-state index in [-0.39, 0.29) is 17.9 Å². The molecule has 0 aliphatic carbocycles. The van der Waals surface area contributed by atoms with E-state index in [0.29, 0.717) is 38.9 Å². The topological polar surface area (TPSA) is 116 Å². The lowest BCUT2D eigenvalue weighted by Gasteiger charge is -2.32. The van der Waals surface area contributed by atoms with Crippen LogP contribution in [0.5, 0.6) is 0 Å². The Hall–Kier alpha value is -2.17. The summed E-state index contributed by atoms with van der Waals surface area (Å²) in [6, 6.07) is 3.45. The number of nitrogens with one attached hydrogen (secondary N) is 1. The van der Waals surface area contributed by atoms with Crippen molar-refractivity contribution in [2.24, 2.45) is 0 Å². The predicted molar refractivity (Wildman–Crippen MR) is 102 cm³/mol. The zero-order chi connectivity index (χ0) is 19.7. The summed E-state index contributed by atoms with van der Waals surface area (Å²) in [6.45, 7) is 1.38. The predicted octanol–water partition coefficient (Wildman–Crippen LogP) is 0.831. The van der Waals surface area contributed by atoms with Crippen LogP contribution in [0.25, 0.3) is 0 Å². The van der Waals surface area contributed by atoms with Crippen molar-refractivity contribution in [2.45, 2.75) is 44.2 Å². The summed E-state index contributed by atoms with van der Waals surface area (Å²) in [6.07, 6.45) is 7.49. The minimum atomic E-state index is -3.17. The highest BCUT2D eigenvalue weighted by Gasteiger charge is 2.37. The van der Waals surface area contributed by atoms with Gasteiger partial charge >= 0.3 is 0 Å². The van der Waals surface area contributed by atoms with Crippen LogP contribution >= 0.6 is 0 Å². The van der Waals surface area contributed by atoms with Crippen LogP contribution in [-0.4, -0.2) is 53.9 Å². The first-order valence-electron chi connectivity index (χ1n) is 9.49. The molecule has 2 aromatic rings. The van der Waals surface area contributed by atoms with Crippen LogP contribution < -0.4 is 5.32 Å². The molecule has 0 saturated carbocycles. The van der Waals surface area contributed by atoms with Crippen LogP contribution in [0, 0.1) is 0 Å². The zero-order valence-corrected chi connectivity index (χ0v) is 16.6. The number of aromatic nitrogens is 4. The fourth-order valence-electron chi connectivity index (χ4n) is 4.02. The molecule has 10 heteroatoms. The van der Waals surface area contributed by atoms with Crippen molar-refractivity contribution in [1.29, 1.82) is 0 Å². The summed E-state index contributed by atoms with van der Waals surface area (Å²) in [5.74, 6) is 1.72. The number of aryl methyl sites for hydroxylation is 1.